The van der Waals surface area contributed by atoms with E-state index in [1.807, 2.05) is 6.07 Å². The molecule has 0 saturated heterocycles. The Bertz CT molecular complexity index is 1190. The lowest BCUT2D eigenvalue weighted by atomic mass is 10.1. The smallest absolute Gasteiger partial charge is 0.335 e. The molecular formula is C20H14BrFN4O2. The van der Waals surface area contributed by atoms with Gasteiger partial charge in [0.05, 0.1) is 21.9 Å². The van der Waals surface area contributed by atoms with Crippen LogP contribution in [0.15, 0.2) is 65.3 Å². The summed E-state index contributed by atoms with van der Waals surface area (Å²) in [5.74, 6) is -0.740. The molecule has 0 aliphatic rings. The van der Waals surface area contributed by atoms with Crippen LogP contribution in [-0.4, -0.2) is 25.7 Å². The molecule has 0 bridgehead atoms. The maximum atomic E-state index is 14.3. The predicted molar refractivity (Wildman–Crippen MR) is 107 cm³/mol. The van der Waals surface area contributed by atoms with Gasteiger partial charge in [-0.25, -0.2) is 14.2 Å². The van der Waals surface area contributed by atoms with E-state index in [0.29, 0.717) is 33.7 Å². The molecule has 4 rings (SSSR count). The van der Waals surface area contributed by atoms with E-state index >= 15 is 0 Å². The van der Waals surface area contributed by atoms with Crippen LogP contribution in [0.3, 0.4) is 0 Å². The van der Waals surface area contributed by atoms with Gasteiger partial charge < -0.3 is 10.4 Å². The van der Waals surface area contributed by atoms with Gasteiger partial charge in [-0.15, -0.1) is 0 Å². The molecule has 0 atom stereocenters. The van der Waals surface area contributed by atoms with Crippen LogP contribution >= 0.6 is 15.9 Å². The molecule has 2 heterocycles. The first-order chi connectivity index (χ1) is 13.5. The number of carboxylic acid groups (broad SMARTS) is 1. The quantitative estimate of drug-likeness (QED) is 0.473. The Morgan fingerprint density at radius 1 is 1.18 bits per heavy atom. The number of carboxylic acids is 1. The Balaban J connectivity index is 1.73. The van der Waals surface area contributed by atoms with Gasteiger partial charge in [0.15, 0.2) is 5.65 Å². The molecule has 2 aromatic carbocycles. The molecule has 0 radical (unpaired) electrons. The third-order valence-corrected chi connectivity index (χ3v) is 4.79. The molecule has 0 aliphatic heterocycles. The highest BCUT2D eigenvalue weighted by molar-refractivity contribution is 9.10. The van der Waals surface area contributed by atoms with Crippen molar-refractivity contribution in [3.63, 3.8) is 0 Å². The van der Waals surface area contributed by atoms with Gasteiger partial charge >= 0.3 is 5.97 Å². The molecule has 0 amide bonds. The van der Waals surface area contributed by atoms with Crippen molar-refractivity contribution in [3.05, 3.63) is 82.2 Å². The average molecular weight is 441 g/mol. The second kappa shape index (κ2) is 7.40. The summed E-state index contributed by atoms with van der Waals surface area (Å²) in [7, 11) is 0. The van der Waals surface area contributed by atoms with E-state index in [0.717, 1.165) is 5.56 Å². The van der Waals surface area contributed by atoms with Crippen LogP contribution in [0.2, 0.25) is 0 Å². The highest BCUT2D eigenvalue weighted by Gasteiger charge is 2.14. The van der Waals surface area contributed by atoms with Crippen molar-refractivity contribution in [1.82, 2.24) is 14.6 Å². The summed E-state index contributed by atoms with van der Waals surface area (Å²) in [6.45, 7) is 0.369. The fraction of sp³-hybridized carbons (Fsp3) is 0.0500. The summed E-state index contributed by atoms with van der Waals surface area (Å²) in [4.78, 5) is 15.7. The number of rotatable bonds is 5. The van der Waals surface area contributed by atoms with Crippen molar-refractivity contribution in [1.29, 1.82) is 0 Å². The number of hydrogen-bond acceptors (Lipinski definition) is 4. The fourth-order valence-electron chi connectivity index (χ4n) is 2.88. The number of hydrogen-bond donors (Lipinski definition) is 2. The van der Waals surface area contributed by atoms with Gasteiger partial charge in [0.2, 0.25) is 0 Å². The van der Waals surface area contributed by atoms with Crippen LogP contribution in [0, 0.1) is 5.82 Å². The van der Waals surface area contributed by atoms with Crippen LogP contribution < -0.4 is 5.32 Å². The molecule has 4 aromatic rings. The SMILES string of the molecule is O=C(O)c1cccc(CNc2cc(-c3ccccc3F)nc3c(Br)cnn23)c1. The minimum Gasteiger partial charge on any atom is -0.478 e. The van der Waals surface area contributed by atoms with E-state index in [9.17, 15) is 9.18 Å². The first kappa shape index (κ1) is 18.1. The summed E-state index contributed by atoms with van der Waals surface area (Å²) in [5.41, 5.74) is 2.40. The lowest BCUT2D eigenvalue weighted by molar-refractivity contribution is 0.0696. The number of aromatic carboxylic acids is 1. The predicted octanol–water partition coefficient (Wildman–Crippen LogP) is 4.61. The van der Waals surface area contributed by atoms with Crippen molar-refractivity contribution >= 4 is 33.4 Å². The number of aromatic nitrogens is 3. The molecule has 0 spiro atoms. The van der Waals surface area contributed by atoms with Crippen molar-refractivity contribution in [2.24, 2.45) is 0 Å². The summed E-state index contributed by atoms with van der Waals surface area (Å²) >= 11 is 3.42. The molecule has 2 aromatic heterocycles. The largest absolute Gasteiger partial charge is 0.478 e. The van der Waals surface area contributed by atoms with Crippen LogP contribution in [0.5, 0.6) is 0 Å². The van der Waals surface area contributed by atoms with Gasteiger partial charge in [0.25, 0.3) is 0 Å². The lowest BCUT2D eigenvalue weighted by Crippen LogP contribution is -2.07. The highest BCUT2D eigenvalue weighted by atomic mass is 79.9. The topological polar surface area (TPSA) is 79.5 Å². The Labute approximate surface area is 167 Å². The van der Waals surface area contributed by atoms with Gasteiger partial charge in [-0.05, 0) is 45.8 Å². The van der Waals surface area contributed by atoms with Gasteiger partial charge in [0, 0.05) is 18.2 Å². The molecule has 0 unspecified atom stereocenters. The molecule has 0 aliphatic carbocycles. The van der Waals surface area contributed by atoms with E-state index in [1.165, 1.54) is 12.1 Å². The lowest BCUT2D eigenvalue weighted by Gasteiger charge is -2.12. The molecule has 140 valence electrons. The van der Waals surface area contributed by atoms with Crippen LogP contribution in [0.1, 0.15) is 15.9 Å². The number of fused-ring (bicyclic) bond motifs is 1. The average Bonchev–Trinajstić information content (AvgIpc) is 3.08. The summed E-state index contributed by atoms with van der Waals surface area (Å²) in [6, 6.07) is 14.8. The molecule has 8 heteroatoms. The number of nitrogens with one attached hydrogen (secondary N) is 1. The number of benzene rings is 2. The van der Waals surface area contributed by atoms with Gasteiger partial charge in [-0.1, -0.05) is 24.3 Å². The van der Waals surface area contributed by atoms with Gasteiger partial charge in [-0.3, -0.25) is 0 Å². The van der Waals surface area contributed by atoms with Crippen molar-refractivity contribution in [2.75, 3.05) is 5.32 Å². The van der Waals surface area contributed by atoms with E-state index in [1.54, 1.807) is 47.1 Å². The standard InChI is InChI=1S/C20H14BrFN4O2/c21-15-11-24-26-18(23-10-12-4-3-5-13(8-12)20(27)28)9-17(25-19(15)26)14-6-1-2-7-16(14)22/h1-9,11,23H,10H2,(H,27,28). The third-order valence-electron chi connectivity index (χ3n) is 4.23. The molecular weight excluding hydrogens is 427 g/mol. The van der Waals surface area contributed by atoms with Gasteiger partial charge in [0.1, 0.15) is 11.6 Å². The Kier molecular flexibility index (Phi) is 4.79. The second-order valence-electron chi connectivity index (χ2n) is 6.09. The van der Waals surface area contributed by atoms with E-state index in [-0.39, 0.29) is 11.4 Å². The zero-order valence-electron chi connectivity index (χ0n) is 14.4. The first-order valence-corrected chi connectivity index (χ1v) is 9.17. The van der Waals surface area contributed by atoms with E-state index in [4.69, 9.17) is 5.11 Å². The van der Waals surface area contributed by atoms with Crippen LogP contribution in [0.25, 0.3) is 16.9 Å². The number of nitrogens with zero attached hydrogens (tertiary/aromatic N) is 3. The third kappa shape index (κ3) is 3.46. The van der Waals surface area contributed by atoms with Crippen LogP contribution in [-0.2, 0) is 6.54 Å². The molecule has 0 saturated carbocycles. The van der Waals surface area contributed by atoms with Crippen molar-refractivity contribution in [2.45, 2.75) is 6.54 Å². The highest BCUT2D eigenvalue weighted by Crippen LogP contribution is 2.27. The van der Waals surface area contributed by atoms with E-state index in [2.05, 4.69) is 31.3 Å². The second-order valence-corrected chi connectivity index (χ2v) is 6.95. The number of anilines is 1. The first-order valence-electron chi connectivity index (χ1n) is 8.38. The monoisotopic (exact) mass is 440 g/mol. The molecule has 28 heavy (non-hydrogen) atoms. The molecule has 6 nitrogen and oxygen atoms in total. The molecule has 2 N–H and O–H groups in total. The minimum absolute atomic E-state index is 0.216. The van der Waals surface area contributed by atoms with Gasteiger partial charge in [-0.2, -0.15) is 9.61 Å². The maximum absolute atomic E-state index is 14.3. The number of halogens is 2. The van der Waals surface area contributed by atoms with E-state index < -0.39 is 5.97 Å². The summed E-state index contributed by atoms with van der Waals surface area (Å²) in [5, 5.41) is 16.7. The zero-order chi connectivity index (χ0) is 19.7. The van der Waals surface area contributed by atoms with Crippen LogP contribution in [0.4, 0.5) is 10.2 Å². The summed E-state index contributed by atoms with van der Waals surface area (Å²) < 4.78 is 16.5. The van der Waals surface area contributed by atoms with Crippen molar-refractivity contribution in [3.8, 4) is 11.3 Å². The fourth-order valence-corrected chi connectivity index (χ4v) is 3.22. The minimum atomic E-state index is -0.981. The maximum Gasteiger partial charge on any atom is 0.335 e. The van der Waals surface area contributed by atoms with Crippen molar-refractivity contribution < 1.29 is 14.3 Å². The Morgan fingerprint density at radius 3 is 2.79 bits per heavy atom. The number of carbonyl (C=O) groups is 1. The molecule has 0 fully saturated rings. The Hall–Kier alpha value is -3.26. The normalized spacial score (nSPS) is 10.9. The zero-order valence-corrected chi connectivity index (χ0v) is 16.0. The summed E-state index contributed by atoms with van der Waals surface area (Å²) in [6.07, 6.45) is 1.61. The Morgan fingerprint density at radius 2 is 2.00 bits per heavy atom.